The van der Waals surface area contributed by atoms with Gasteiger partial charge in [-0.1, -0.05) is 16.5 Å². The van der Waals surface area contributed by atoms with E-state index in [0.29, 0.717) is 17.8 Å². The molecular formula is C15H16N4O2S. The number of thiazole rings is 1. The number of aromatic nitrogens is 3. The minimum absolute atomic E-state index is 0.107. The molecule has 0 bridgehead atoms. The fraction of sp³-hybridized carbons (Fsp3) is 0.267. The third-order valence-corrected chi connectivity index (χ3v) is 4.32. The van der Waals surface area contributed by atoms with Crippen LogP contribution in [0.15, 0.2) is 35.1 Å². The normalized spacial score (nSPS) is 10.8. The van der Waals surface area contributed by atoms with Crippen LogP contribution in [0.1, 0.15) is 26.8 Å². The Morgan fingerprint density at radius 3 is 2.82 bits per heavy atom. The molecule has 0 spiro atoms. The Morgan fingerprint density at radius 1 is 1.36 bits per heavy atom. The summed E-state index contributed by atoms with van der Waals surface area (Å²) in [7, 11) is 0. The zero-order valence-electron chi connectivity index (χ0n) is 12.4. The Labute approximate surface area is 131 Å². The quantitative estimate of drug-likeness (QED) is 0.785. The third kappa shape index (κ3) is 3.09. The number of aryl methyl sites for hydroxylation is 2. The second-order valence-corrected chi connectivity index (χ2v) is 5.92. The highest BCUT2D eigenvalue weighted by molar-refractivity contribution is 7.16. The van der Waals surface area contributed by atoms with Gasteiger partial charge in [-0.05, 0) is 26.0 Å². The monoisotopic (exact) mass is 316 g/mol. The summed E-state index contributed by atoms with van der Waals surface area (Å²) >= 11 is 1.38. The van der Waals surface area contributed by atoms with Gasteiger partial charge in [0.05, 0.1) is 11.4 Å². The molecule has 3 rings (SSSR count). The predicted octanol–water partition coefficient (Wildman–Crippen LogP) is 2.51. The van der Waals surface area contributed by atoms with Crippen LogP contribution < -0.4 is 5.32 Å². The van der Waals surface area contributed by atoms with E-state index in [9.17, 15) is 4.79 Å². The molecule has 1 N–H and O–H groups in total. The average Bonchev–Trinajstić information content (AvgIpc) is 3.19. The maximum absolute atomic E-state index is 12.2. The molecule has 6 nitrogen and oxygen atoms in total. The fourth-order valence-corrected chi connectivity index (χ4v) is 3.03. The van der Waals surface area contributed by atoms with Crippen molar-refractivity contribution in [1.29, 1.82) is 0 Å². The van der Waals surface area contributed by atoms with E-state index in [2.05, 4.69) is 15.5 Å². The van der Waals surface area contributed by atoms with Crippen molar-refractivity contribution in [2.24, 2.45) is 0 Å². The highest BCUT2D eigenvalue weighted by atomic mass is 32.1. The molecule has 0 radical (unpaired) electrons. The van der Waals surface area contributed by atoms with Crippen molar-refractivity contribution in [3.8, 4) is 5.13 Å². The van der Waals surface area contributed by atoms with E-state index in [1.54, 1.807) is 0 Å². The second kappa shape index (κ2) is 6.15. The zero-order valence-corrected chi connectivity index (χ0v) is 13.2. The van der Waals surface area contributed by atoms with Crippen molar-refractivity contribution in [1.82, 2.24) is 20.0 Å². The molecule has 0 atom stereocenters. The van der Waals surface area contributed by atoms with Crippen LogP contribution in [-0.2, 0) is 6.42 Å². The maximum Gasteiger partial charge on any atom is 0.263 e. The smallest absolute Gasteiger partial charge is 0.263 e. The molecule has 3 heterocycles. The molecular weight excluding hydrogens is 300 g/mol. The van der Waals surface area contributed by atoms with Crippen LogP contribution in [0.2, 0.25) is 0 Å². The average molecular weight is 316 g/mol. The Hall–Kier alpha value is -2.41. The third-order valence-electron chi connectivity index (χ3n) is 3.15. The summed E-state index contributed by atoms with van der Waals surface area (Å²) < 4.78 is 7.01. The van der Waals surface area contributed by atoms with Crippen LogP contribution in [0, 0.1) is 13.8 Å². The van der Waals surface area contributed by atoms with Gasteiger partial charge in [0.25, 0.3) is 5.91 Å². The van der Waals surface area contributed by atoms with Crippen LogP contribution in [0.3, 0.4) is 0 Å². The minimum atomic E-state index is -0.107. The molecule has 114 valence electrons. The fourth-order valence-electron chi connectivity index (χ4n) is 2.08. The SMILES string of the molecule is Cc1cc(CCNC(=O)c2sc(-n3cccc3)nc2C)on1. The second-order valence-electron chi connectivity index (χ2n) is 4.94. The van der Waals surface area contributed by atoms with Gasteiger partial charge in [0.1, 0.15) is 10.6 Å². The minimum Gasteiger partial charge on any atom is -0.361 e. The lowest BCUT2D eigenvalue weighted by Crippen LogP contribution is -2.25. The summed E-state index contributed by atoms with van der Waals surface area (Å²) in [6.45, 7) is 4.22. The van der Waals surface area contributed by atoms with E-state index in [4.69, 9.17) is 4.52 Å². The van der Waals surface area contributed by atoms with Gasteiger partial charge in [0.2, 0.25) is 0 Å². The molecule has 0 aromatic carbocycles. The molecule has 0 aliphatic rings. The van der Waals surface area contributed by atoms with Crippen molar-refractivity contribution in [2.75, 3.05) is 6.54 Å². The van der Waals surface area contributed by atoms with E-state index >= 15 is 0 Å². The summed E-state index contributed by atoms with van der Waals surface area (Å²) in [5, 5.41) is 7.50. The number of carbonyl (C=O) groups excluding carboxylic acids is 1. The van der Waals surface area contributed by atoms with Crippen LogP contribution >= 0.6 is 11.3 Å². The van der Waals surface area contributed by atoms with Crippen molar-refractivity contribution >= 4 is 17.2 Å². The maximum atomic E-state index is 12.2. The van der Waals surface area contributed by atoms with Crippen molar-refractivity contribution in [3.63, 3.8) is 0 Å². The molecule has 1 amide bonds. The van der Waals surface area contributed by atoms with E-state index in [-0.39, 0.29) is 5.91 Å². The Morgan fingerprint density at radius 2 is 2.14 bits per heavy atom. The van der Waals surface area contributed by atoms with Crippen LogP contribution in [0.25, 0.3) is 5.13 Å². The number of nitrogens with zero attached hydrogens (tertiary/aromatic N) is 3. The predicted molar refractivity (Wildman–Crippen MR) is 83.5 cm³/mol. The van der Waals surface area contributed by atoms with Gasteiger partial charge in [-0.2, -0.15) is 0 Å². The molecule has 7 heteroatoms. The molecule has 3 aromatic heterocycles. The van der Waals surface area contributed by atoms with Gasteiger partial charge in [-0.3, -0.25) is 4.79 Å². The standard InChI is InChI=1S/C15H16N4O2S/c1-10-9-12(21-18-10)5-6-16-14(20)13-11(2)17-15(22-13)19-7-3-4-8-19/h3-4,7-9H,5-6H2,1-2H3,(H,16,20). The summed E-state index contributed by atoms with van der Waals surface area (Å²) in [5.41, 5.74) is 1.58. The molecule has 0 fully saturated rings. The largest absolute Gasteiger partial charge is 0.361 e. The Kier molecular flexibility index (Phi) is 4.06. The number of rotatable bonds is 5. The van der Waals surface area contributed by atoms with Gasteiger partial charge in [0.15, 0.2) is 5.13 Å². The lowest BCUT2D eigenvalue weighted by molar-refractivity contribution is 0.0957. The molecule has 0 unspecified atom stereocenters. The van der Waals surface area contributed by atoms with E-state index in [0.717, 1.165) is 22.3 Å². The Bertz CT molecular complexity index is 773. The number of carbonyl (C=O) groups is 1. The van der Waals surface area contributed by atoms with Gasteiger partial charge >= 0.3 is 0 Å². The number of hydrogen-bond donors (Lipinski definition) is 1. The number of amides is 1. The first-order valence-corrected chi connectivity index (χ1v) is 7.76. The van der Waals surface area contributed by atoms with Crippen molar-refractivity contribution in [2.45, 2.75) is 20.3 Å². The van der Waals surface area contributed by atoms with Crippen LogP contribution in [-0.4, -0.2) is 27.2 Å². The molecule has 0 saturated heterocycles. The van der Waals surface area contributed by atoms with Gasteiger partial charge in [-0.15, -0.1) is 0 Å². The van der Waals surface area contributed by atoms with Crippen molar-refractivity contribution < 1.29 is 9.32 Å². The highest BCUT2D eigenvalue weighted by Crippen LogP contribution is 2.21. The first-order chi connectivity index (χ1) is 10.6. The van der Waals surface area contributed by atoms with Crippen LogP contribution in [0.4, 0.5) is 0 Å². The van der Waals surface area contributed by atoms with E-state index in [1.807, 2.05) is 49.0 Å². The zero-order chi connectivity index (χ0) is 15.5. The summed E-state index contributed by atoms with van der Waals surface area (Å²) in [4.78, 5) is 17.3. The van der Waals surface area contributed by atoms with E-state index < -0.39 is 0 Å². The van der Waals surface area contributed by atoms with E-state index in [1.165, 1.54) is 11.3 Å². The molecule has 0 aliphatic carbocycles. The van der Waals surface area contributed by atoms with Crippen LogP contribution in [0.5, 0.6) is 0 Å². The summed E-state index contributed by atoms with van der Waals surface area (Å²) in [6.07, 6.45) is 4.44. The molecule has 0 saturated carbocycles. The van der Waals surface area contributed by atoms with Gasteiger partial charge < -0.3 is 14.4 Å². The Balaban J connectivity index is 1.62. The number of hydrogen-bond acceptors (Lipinski definition) is 5. The first-order valence-electron chi connectivity index (χ1n) is 6.94. The molecule has 3 aromatic rings. The lowest BCUT2D eigenvalue weighted by atomic mass is 10.3. The lowest BCUT2D eigenvalue weighted by Gasteiger charge is -2.01. The molecule has 0 aliphatic heterocycles. The topological polar surface area (TPSA) is 73.0 Å². The summed E-state index contributed by atoms with van der Waals surface area (Å²) in [6, 6.07) is 5.72. The highest BCUT2D eigenvalue weighted by Gasteiger charge is 2.15. The summed E-state index contributed by atoms with van der Waals surface area (Å²) in [5.74, 6) is 0.663. The number of nitrogens with one attached hydrogen (secondary N) is 1. The molecule has 22 heavy (non-hydrogen) atoms. The first kappa shape index (κ1) is 14.5. The van der Waals surface area contributed by atoms with Crippen molar-refractivity contribution in [3.05, 3.63) is 52.6 Å². The van der Waals surface area contributed by atoms with Gasteiger partial charge in [-0.25, -0.2) is 4.98 Å². The van der Waals surface area contributed by atoms with Gasteiger partial charge in [0, 0.05) is 31.4 Å².